The fraction of sp³-hybridized carbons (Fsp3) is 0.913. The Kier molecular flexibility index (Phi) is 8.67. The van der Waals surface area contributed by atoms with E-state index in [4.69, 9.17) is 13.9 Å². The summed E-state index contributed by atoms with van der Waals surface area (Å²) in [5, 5.41) is 2.98. The number of alkyl carbamates (subject to hydrolysis) is 1. The van der Waals surface area contributed by atoms with E-state index >= 15 is 0 Å². The van der Waals surface area contributed by atoms with Crippen LogP contribution in [0.3, 0.4) is 0 Å². The Labute approximate surface area is 190 Å². The number of ether oxygens (including phenoxy) is 2. The molecule has 0 spiro atoms. The lowest BCUT2D eigenvalue weighted by Gasteiger charge is -2.38. The summed E-state index contributed by atoms with van der Waals surface area (Å²) in [5.41, 5.74) is -1.12. The zero-order valence-corrected chi connectivity index (χ0v) is 22.8. The molecule has 1 aliphatic heterocycles. The van der Waals surface area contributed by atoms with Crippen molar-refractivity contribution < 1.29 is 23.5 Å². The standard InChI is InChI=1S/C23H46N2O5Si/c1-16(24-19(26)28-21(2,3)4)13-17-14-18(30-31(11,12)23(8,9)10)15-25(17)20(27)29-22(5,6)7/h16-18H,13-15H2,1-12H3,(H,24,26). The van der Waals surface area contributed by atoms with Gasteiger partial charge in [-0.2, -0.15) is 0 Å². The average molecular weight is 459 g/mol. The normalized spacial score (nSPS) is 21.6. The van der Waals surface area contributed by atoms with Crippen LogP contribution in [0.1, 0.15) is 82.1 Å². The molecule has 2 amide bonds. The maximum atomic E-state index is 12.9. The highest BCUT2D eigenvalue weighted by Crippen LogP contribution is 2.39. The summed E-state index contributed by atoms with van der Waals surface area (Å²) in [4.78, 5) is 26.8. The maximum Gasteiger partial charge on any atom is 0.410 e. The molecule has 0 aliphatic carbocycles. The molecule has 0 bridgehead atoms. The van der Waals surface area contributed by atoms with Crippen molar-refractivity contribution in [1.82, 2.24) is 10.2 Å². The van der Waals surface area contributed by atoms with Crippen molar-refractivity contribution in [2.75, 3.05) is 6.54 Å². The monoisotopic (exact) mass is 458 g/mol. The van der Waals surface area contributed by atoms with Gasteiger partial charge in [-0.05, 0) is 79.4 Å². The van der Waals surface area contributed by atoms with Crippen LogP contribution in [-0.4, -0.2) is 61.3 Å². The van der Waals surface area contributed by atoms with Gasteiger partial charge in [0.25, 0.3) is 0 Å². The summed E-state index contributed by atoms with van der Waals surface area (Å²) in [6, 6.07) is -0.231. The van der Waals surface area contributed by atoms with E-state index in [1.165, 1.54) is 0 Å². The van der Waals surface area contributed by atoms with Gasteiger partial charge >= 0.3 is 12.2 Å². The lowest BCUT2D eigenvalue weighted by molar-refractivity contribution is 0.0198. The molecule has 182 valence electrons. The molecule has 3 unspecified atom stereocenters. The summed E-state index contributed by atoms with van der Waals surface area (Å²) >= 11 is 0. The van der Waals surface area contributed by atoms with Crippen LogP contribution >= 0.6 is 0 Å². The minimum atomic E-state index is -1.97. The number of likely N-dealkylation sites (tertiary alicyclic amines) is 1. The highest BCUT2D eigenvalue weighted by molar-refractivity contribution is 6.74. The molecular weight excluding hydrogens is 412 g/mol. The first-order chi connectivity index (χ1) is 13.7. The number of hydrogen-bond acceptors (Lipinski definition) is 5. The summed E-state index contributed by atoms with van der Waals surface area (Å²) in [7, 11) is -1.97. The molecule has 1 saturated heterocycles. The summed E-state index contributed by atoms with van der Waals surface area (Å²) in [6.07, 6.45) is 0.522. The van der Waals surface area contributed by atoms with Crippen molar-refractivity contribution in [1.29, 1.82) is 0 Å². The van der Waals surface area contributed by atoms with Crippen molar-refractivity contribution >= 4 is 20.5 Å². The van der Waals surface area contributed by atoms with Crippen molar-refractivity contribution in [3.63, 3.8) is 0 Å². The molecule has 0 saturated carbocycles. The van der Waals surface area contributed by atoms with Crippen LogP contribution in [0, 0.1) is 0 Å². The molecule has 0 aromatic carbocycles. The molecule has 1 heterocycles. The summed E-state index contributed by atoms with van der Waals surface area (Å²) < 4.78 is 17.6. The molecule has 1 N–H and O–H groups in total. The Morgan fingerprint density at radius 2 is 1.52 bits per heavy atom. The Hall–Kier alpha value is -1.28. The largest absolute Gasteiger partial charge is 0.444 e. The van der Waals surface area contributed by atoms with E-state index in [1.54, 1.807) is 4.90 Å². The highest BCUT2D eigenvalue weighted by Gasteiger charge is 2.44. The summed E-state index contributed by atoms with van der Waals surface area (Å²) in [6.45, 7) is 24.6. The van der Waals surface area contributed by atoms with E-state index in [0.717, 1.165) is 6.42 Å². The maximum absolute atomic E-state index is 12.9. The Bertz CT molecular complexity index is 631. The van der Waals surface area contributed by atoms with Gasteiger partial charge in [0.05, 0.1) is 6.10 Å². The third-order valence-electron chi connectivity index (χ3n) is 5.66. The second kappa shape index (κ2) is 9.69. The zero-order valence-electron chi connectivity index (χ0n) is 21.8. The number of nitrogens with one attached hydrogen (secondary N) is 1. The first kappa shape index (κ1) is 27.8. The lowest BCUT2D eigenvalue weighted by atomic mass is 10.1. The minimum Gasteiger partial charge on any atom is -0.444 e. The second-order valence-corrected chi connectivity index (χ2v) is 17.1. The smallest absolute Gasteiger partial charge is 0.410 e. The van der Waals surface area contributed by atoms with Crippen molar-refractivity contribution in [3.8, 4) is 0 Å². The van der Waals surface area contributed by atoms with Crippen LogP contribution in [0.15, 0.2) is 0 Å². The molecule has 1 rings (SSSR count). The quantitative estimate of drug-likeness (QED) is 0.536. The zero-order chi connectivity index (χ0) is 24.4. The molecule has 7 nitrogen and oxygen atoms in total. The number of amides is 2. The van der Waals surface area contributed by atoms with Crippen LogP contribution in [-0.2, 0) is 13.9 Å². The second-order valence-electron chi connectivity index (χ2n) is 12.3. The number of carbonyl (C=O) groups excluding carboxylic acids is 2. The van der Waals surface area contributed by atoms with Gasteiger partial charge in [0.15, 0.2) is 8.32 Å². The molecule has 31 heavy (non-hydrogen) atoms. The highest BCUT2D eigenvalue weighted by atomic mass is 28.4. The molecule has 1 fully saturated rings. The molecular formula is C23H46N2O5Si. The Balaban J connectivity index is 2.91. The Morgan fingerprint density at radius 1 is 1.00 bits per heavy atom. The molecule has 1 aliphatic rings. The van der Waals surface area contributed by atoms with Crippen molar-refractivity contribution in [2.45, 2.75) is 130 Å². The Morgan fingerprint density at radius 3 is 1.97 bits per heavy atom. The van der Waals surface area contributed by atoms with E-state index in [0.29, 0.717) is 13.0 Å². The fourth-order valence-corrected chi connectivity index (χ4v) is 4.65. The molecule has 3 atom stereocenters. The molecule has 0 aromatic heterocycles. The minimum absolute atomic E-state index is 0.0351. The number of carbonyl (C=O) groups is 2. The number of nitrogens with zero attached hydrogens (tertiary/aromatic N) is 1. The van der Waals surface area contributed by atoms with E-state index in [2.05, 4.69) is 39.2 Å². The third kappa shape index (κ3) is 9.39. The SMILES string of the molecule is CC(CC1CC(O[Si](C)(C)C(C)(C)C)CN1C(=O)OC(C)(C)C)NC(=O)OC(C)(C)C. The van der Waals surface area contributed by atoms with Crippen LogP contribution in [0.2, 0.25) is 18.1 Å². The fourth-order valence-electron chi connectivity index (χ4n) is 3.30. The van der Waals surface area contributed by atoms with Crippen molar-refractivity contribution in [2.24, 2.45) is 0 Å². The van der Waals surface area contributed by atoms with Gasteiger partial charge in [-0.25, -0.2) is 9.59 Å². The number of hydrogen-bond donors (Lipinski definition) is 1. The average Bonchev–Trinajstić information content (AvgIpc) is 2.83. The van der Waals surface area contributed by atoms with Gasteiger partial charge in [-0.15, -0.1) is 0 Å². The van der Waals surface area contributed by atoms with Gasteiger partial charge in [-0.1, -0.05) is 20.8 Å². The van der Waals surface area contributed by atoms with Gasteiger partial charge < -0.3 is 24.1 Å². The predicted molar refractivity (Wildman–Crippen MR) is 127 cm³/mol. The lowest BCUT2D eigenvalue weighted by Crippen LogP contribution is -2.45. The first-order valence-corrected chi connectivity index (χ1v) is 14.3. The molecule has 8 heteroatoms. The number of rotatable bonds is 5. The van der Waals surface area contributed by atoms with Crippen LogP contribution in [0.5, 0.6) is 0 Å². The van der Waals surface area contributed by atoms with Gasteiger partial charge in [0.2, 0.25) is 0 Å². The van der Waals surface area contributed by atoms with E-state index in [9.17, 15) is 9.59 Å². The topological polar surface area (TPSA) is 77.1 Å². The summed E-state index contributed by atoms with van der Waals surface area (Å²) in [5.74, 6) is 0. The predicted octanol–water partition coefficient (Wildman–Crippen LogP) is 5.69. The van der Waals surface area contributed by atoms with Gasteiger partial charge in [0, 0.05) is 18.6 Å². The van der Waals surface area contributed by atoms with Crippen LogP contribution in [0.4, 0.5) is 9.59 Å². The van der Waals surface area contributed by atoms with Crippen LogP contribution in [0.25, 0.3) is 0 Å². The van der Waals surface area contributed by atoms with E-state index < -0.39 is 25.6 Å². The third-order valence-corrected chi connectivity index (χ3v) is 10.2. The molecule has 0 aromatic rings. The molecule has 0 radical (unpaired) electrons. The van der Waals surface area contributed by atoms with Crippen molar-refractivity contribution in [3.05, 3.63) is 0 Å². The van der Waals surface area contributed by atoms with Gasteiger partial charge in [-0.3, -0.25) is 0 Å². The van der Waals surface area contributed by atoms with Gasteiger partial charge in [0.1, 0.15) is 11.2 Å². The first-order valence-electron chi connectivity index (χ1n) is 11.4. The van der Waals surface area contributed by atoms with E-state index in [1.807, 2.05) is 48.5 Å². The van der Waals surface area contributed by atoms with Crippen LogP contribution < -0.4 is 5.32 Å². The van der Waals surface area contributed by atoms with E-state index in [-0.39, 0.29) is 29.3 Å².